The van der Waals surface area contributed by atoms with Crippen LogP contribution in [0.1, 0.15) is 29.8 Å². The first kappa shape index (κ1) is 22.3. The van der Waals surface area contributed by atoms with Gasteiger partial charge in [-0.05, 0) is 23.9 Å². The first-order valence-electron chi connectivity index (χ1n) is 10.9. The minimum atomic E-state index is -0.870. The molecule has 7 nitrogen and oxygen atoms in total. The average Bonchev–Trinajstić information content (AvgIpc) is 3.39. The van der Waals surface area contributed by atoms with Crippen molar-refractivity contribution >= 4 is 18.3 Å². The predicted octanol–water partition coefficient (Wildman–Crippen LogP) is 1.40. The number of oxazole rings is 1. The van der Waals surface area contributed by atoms with Gasteiger partial charge in [-0.1, -0.05) is 37.3 Å². The molecular weight excluding hydrogens is 418 g/mol. The van der Waals surface area contributed by atoms with Gasteiger partial charge in [0, 0.05) is 37.8 Å². The molecule has 168 valence electrons. The lowest BCUT2D eigenvalue weighted by Crippen LogP contribution is -2.56. The second-order valence-electron chi connectivity index (χ2n) is 9.00. The topological polar surface area (TPSA) is 98.8 Å². The monoisotopic (exact) mass is 447 g/mol. The molecule has 1 saturated carbocycles. The van der Waals surface area contributed by atoms with Crippen LogP contribution in [0.4, 0.5) is 0 Å². The van der Waals surface area contributed by atoms with E-state index in [4.69, 9.17) is 4.42 Å². The van der Waals surface area contributed by atoms with Crippen molar-refractivity contribution in [3.05, 3.63) is 53.2 Å². The van der Waals surface area contributed by atoms with Crippen molar-refractivity contribution in [1.29, 1.82) is 0 Å². The number of hydrogen-bond acceptors (Lipinski definition) is 6. The molecule has 2 aliphatic heterocycles. The van der Waals surface area contributed by atoms with E-state index in [9.17, 15) is 15.0 Å². The van der Waals surface area contributed by atoms with E-state index in [1.165, 1.54) is 0 Å². The number of nitrogens with one attached hydrogen (secondary N) is 1. The number of amides is 1. The third kappa shape index (κ3) is 4.00. The fourth-order valence-corrected chi connectivity index (χ4v) is 5.56. The number of halogens is 1. The van der Waals surface area contributed by atoms with Gasteiger partial charge in [0.25, 0.3) is 0 Å². The molecule has 1 aromatic heterocycles. The first-order chi connectivity index (χ1) is 14.5. The van der Waals surface area contributed by atoms with Crippen LogP contribution < -0.4 is 5.32 Å². The lowest BCUT2D eigenvalue weighted by atomic mass is 9.65. The van der Waals surface area contributed by atoms with Crippen molar-refractivity contribution < 1.29 is 19.4 Å². The Bertz CT molecular complexity index is 921. The minimum Gasteiger partial charge on any atom is -0.445 e. The van der Waals surface area contributed by atoms with Crippen molar-refractivity contribution in [2.45, 2.75) is 38.5 Å². The summed E-state index contributed by atoms with van der Waals surface area (Å²) in [6.45, 7) is 4.28. The molecule has 1 aliphatic carbocycles. The van der Waals surface area contributed by atoms with Crippen LogP contribution in [0.15, 0.2) is 34.7 Å². The van der Waals surface area contributed by atoms with Gasteiger partial charge in [-0.2, -0.15) is 0 Å². The average molecular weight is 448 g/mol. The van der Waals surface area contributed by atoms with Crippen LogP contribution >= 0.6 is 12.4 Å². The van der Waals surface area contributed by atoms with Gasteiger partial charge in [0.2, 0.25) is 5.91 Å². The Labute approximate surface area is 188 Å². The number of carbonyl (C=O) groups is 1. The van der Waals surface area contributed by atoms with Gasteiger partial charge >= 0.3 is 0 Å². The van der Waals surface area contributed by atoms with Crippen LogP contribution in [-0.2, 0) is 24.2 Å². The molecule has 1 amide bonds. The molecule has 8 heteroatoms. The number of benzene rings is 1. The number of aromatic nitrogens is 1. The fourth-order valence-electron chi connectivity index (χ4n) is 5.56. The summed E-state index contributed by atoms with van der Waals surface area (Å²) in [4.78, 5) is 20.0. The zero-order chi connectivity index (χ0) is 20.8. The van der Waals surface area contributed by atoms with Crippen LogP contribution in [0.3, 0.4) is 0 Å². The largest absolute Gasteiger partial charge is 0.445 e. The van der Waals surface area contributed by atoms with Crippen molar-refractivity contribution in [1.82, 2.24) is 15.2 Å². The molecule has 6 atom stereocenters. The standard InChI is InChI=1S/C23H29N3O4.ClH/c1-13-20(15-10-24-11-16(15)22(28)21(13)27)23(29)26-8-7-18-17(12-26)25-19(30-18)9-14-5-3-2-4-6-14;/h2-6,13,15-16,20-22,24,27-28H,7-12H2,1H3;1H/t13-,15+,16+,20+,21+,22+;/m1./s1. The van der Waals surface area contributed by atoms with Crippen LogP contribution in [0.5, 0.6) is 0 Å². The highest BCUT2D eigenvalue weighted by Gasteiger charge is 2.53. The Kier molecular flexibility index (Phi) is 6.40. The van der Waals surface area contributed by atoms with E-state index in [0.29, 0.717) is 44.9 Å². The third-order valence-electron chi connectivity index (χ3n) is 7.23. The molecule has 3 N–H and O–H groups in total. The lowest BCUT2D eigenvalue weighted by Gasteiger charge is -2.45. The molecule has 0 bridgehead atoms. The highest BCUT2D eigenvalue weighted by Crippen LogP contribution is 2.42. The van der Waals surface area contributed by atoms with E-state index >= 15 is 0 Å². The Hall–Kier alpha value is -1.93. The molecule has 3 heterocycles. The van der Waals surface area contributed by atoms with Crippen LogP contribution in [0.25, 0.3) is 0 Å². The number of carbonyl (C=O) groups excluding carboxylic acids is 1. The molecule has 2 fully saturated rings. The summed E-state index contributed by atoms with van der Waals surface area (Å²) in [5.74, 6) is 1.03. The summed E-state index contributed by atoms with van der Waals surface area (Å²) < 4.78 is 5.97. The minimum absolute atomic E-state index is 0. The molecular formula is C23H30ClN3O4. The van der Waals surface area contributed by atoms with Gasteiger partial charge < -0.3 is 24.8 Å². The van der Waals surface area contributed by atoms with E-state index in [-0.39, 0.29) is 42.0 Å². The summed E-state index contributed by atoms with van der Waals surface area (Å²) >= 11 is 0. The fraction of sp³-hybridized carbons (Fsp3) is 0.565. The molecule has 5 rings (SSSR count). The lowest BCUT2D eigenvalue weighted by molar-refractivity contribution is -0.156. The normalized spacial score (nSPS) is 32.2. The summed E-state index contributed by atoms with van der Waals surface area (Å²) in [5.41, 5.74) is 1.98. The van der Waals surface area contributed by atoms with Crippen LogP contribution in [-0.4, -0.2) is 57.8 Å². The maximum atomic E-state index is 13.5. The maximum Gasteiger partial charge on any atom is 0.226 e. The number of hydrogen-bond donors (Lipinski definition) is 3. The predicted molar refractivity (Wildman–Crippen MR) is 117 cm³/mol. The number of fused-ring (bicyclic) bond motifs is 2. The van der Waals surface area contributed by atoms with E-state index in [1.54, 1.807) is 0 Å². The van der Waals surface area contributed by atoms with Crippen LogP contribution in [0, 0.1) is 23.7 Å². The van der Waals surface area contributed by atoms with Gasteiger partial charge in [0.05, 0.1) is 18.8 Å². The summed E-state index contributed by atoms with van der Waals surface area (Å²) in [6, 6.07) is 10.1. The second kappa shape index (κ2) is 8.90. The molecule has 1 saturated heterocycles. The summed E-state index contributed by atoms with van der Waals surface area (Å²) in [6.07, 6.45) is -0.347. The molecule has 2 aromatic rings. The zero-order valence-electron chi connectivity index (χ0n) is 17.6. The maximum absolute atomic E-state index is 13.5. The highest BCUT2D eigenvalue weighted by molar-refractivity contribution is 5.85. The van der Waals surface area contributed by atoms with Gasteiger partial charge in [-0.15, -0.1) is 12.4 Å². The Morgan fingerprint density at radius 3 is 2.71 bits per heavy atom. The number of nitrogens with zero attached hydrogens (tertiary/aromatic N) is 2. The van der Waals surface area contributed by atoms with Crippen LogP contribution in [0.2, 0.25) is 0 Å². The van der Waals surface area contributed by atoms with Gasteiger partial charge in [-0.3, -0.25) is 4.79 Å². The molecule has 0 unspecified atom stereocenters. The second-order valence-corrected chi connectivity index (χ2v) is 9.00. The Balaban J connectivity index is 0.00000231. The van der Waals surface area contributed by atoms with E-state index in [2.05, 4.69) is 22.4 Å². The van der Waals surface area contributed by atoms with E-state index < -0.39 is 12.2 Å². The molecule has 0 radical (unpaired) electrons. The van der Waals surface area contributed by atoms with E-state index in [0.717, 1.165) is 17.0 Å². The molecule has 0 spiro atoms. The number of aliphatic hydroxyl groups excluding tert-OH is 2. The molecule has 1 aromatic carbocycles. The van der Waals surface area contributed by atoms with Crippen molar-refractivity contribution in [2.75, 3.05) is 19.6 Å². The summed E-state index contributed by atoms with van der Waals surface area (Å²) in [5, 5.41) is 24.3. The molecule has 31 heavy (non-hydrogen) atoms. The van der Waals surface area contributed by atoms with Gasteiger partial charge in [0.1, 0.15) is 11.5 Å². The summed E-state index contributed by atoms with van der Waals surface area (Å²) in [7, 11) is 0. The van der Waals surface area contributed by atoms with Crippen molar-refractivity contribution in [2.24, 2.45) is 23.7 Å². The third-order valence-corrected chi connectivity index (χ3v) is 7.23. The van der Waals surface area contributed by atoms with E-state index in [1.807, 2.05) is 30.0 Å². The Morgan fingerprint density at radius 2 is 1.94 bits per heavy atom. The Morgan fingerprint density at radius 1 is 1.19 bits per heavy atom. The zero-order valence-corrected chi connectivity index (χ0v) is 18.4. The quantitative estimate of drug-likeness (QED) is 0.657. The highest BCUT2D eigenvalue weighted by atomic mass is 35.5. The SMILES string of the molecule is C[C@H]1[C@H](O)[C@@H](O)[C@H]2CNC[C@@H]2[C@H]1C(=O)N1CCc2oc(Cc3ccccc3)nc2C1.Cl. The van der Waals surface area contributed by atoms with Gasteiger partial charge in [0.15, 0.2) is 5.89 Å². The number of rotatable bonds is 3. The smallest absolute Gasteiger partial charge is 0.226 e. The number of aliphatic hydroxyl groups is 2. The van der Waals surface area contributed by atoms with Gasteiger partial charge in [-0.25, -0.2) is 4.98 Å². The van der Waals surface area contributed by atoms with Crippen molar-refractivity contribution in [3.8, 4) is 0 Å². The van der Waals surface area contributed by atoms with Crippen molar-refractivity contribution in [3.63, 3.8) is 0 Å². The first-order valence-corrected chi connectivity index (χ1v) is 10.9. The molecule has 3 aliphatic rings.